The molecule has 2 aromatic carbocycles. The van der Waals surface area contributed by atoms with Crippen LogP contribution in [0.15, 0.2) is 54.6 Å². The summed E-state index contributed by atoms with van der Waals surface area (Å²) in [5.74, 6) is 0.210. The Hall–Kier alpha value is -3.68. The maximum Gasteiger partial charge on any atom is 0.329 e. The summed E-state index contributed by atoms with van der Waals surface area (Å²) in [5, 5.41) is 5.59. The van der Waals surface area contributed by atoms with Gasteiger partial charge in [-0.15, -0.1) is 0 Å². The molecule has 8 nitrogen and oxygen atoms in total. The third-order valence-electron chi connectivity index (χ3n) is 5.28. The molecule has 4 amide bonds. The lowest BCUT2D eigenvalue weighted by Crippen LogP contribution is -2.33. The molecule has 0 unspecified atom stereocenters. The van der Waals surface area contributed by atoms with Gasteiger partial charge in [0.25, 0.3) is 5.91 Å². The molecule has 0 radical (unpaired) electrons. The number of fused-ring (bicyclic) bond motifs is 1. The van der Waals surface area contributed by atoms with Crippen molar-refractivity contribution in [3.05, 3.63) is 60.4 Å². The van der Waals surface area contributed by atoms with E-state index in [1.807, 2.05) is 48.9 Å². The van der Waals surface area contributed by atoms with Gasteiger partial charge in [-0.25, -0.2) is 14.7 Å². The van der Waals surface area contributed by atoms with E-state index in [1.165, 1.54) is 0 Å². The Morgan fingerprint density at radius 2 is 1.83 bits per heavy atom. The lowest BCUT2D eigenvalue weighted by atomic mass is 10.1. The Labute approximate surface area is 173 Å². The number of carbonyl (C=O) groups is 3. The van der Waals surface area contributed by atoms with Crippen molar-refractivity contribution in [1.82, 2.24) is 20.2 Å². The van der Waals surface area contributed by atoms with Crippen molar-refractivity contribution < 1.29 is 14.4 Å². The van der Waals surface area contributed by atoms with Crippen LogP contribution in [0.3, 0.4) is 0 Å². The molecule has 3 aromatic rings. The van der Waals surface area contributed by atoms with Crippen molar-refractivity contribution in [2.24, 2.45) is 7.05 Å². The summed E-state index contributed by atoms with van der Waals surface area (Å²) in [6, 6.07) is 15.1. The smallest absolute Gasteiger partial charge is 0.329 e. The fourth-order valence-corrected chi connectivity index (χ4v) is 3.75. The summed E-state index contributed by atoms with van der Waals surface area (Å²) >= 11 is 0. The Morgan fingerprint density at radius 1 is 1.13 bits per heavy atom. The maximum atomic E-state index is 12.6. The van der Waals surface area contributed by atoms with Crippen LogP contribution in [-0.4, -0.2) is 33.4 Å². The van der Waals surface area contributed by atoms with Crippen LogP contribution in [0.2, 0.25) is 0 Å². The van der Waals surface area contributed by atoms with Gasteiger partial charge in [-0.1, -0.05) is 30.3 Å². The van der Waals surface area contributed by atoms with Gasteiger partial charge in [0.15, 0.2) is 0 Å². The number of aromatic nitrogens is 2. The number of aryl methyl sites for hydroxylation is 1. The van der Waals surface area contributed by atoms with E-state index < -0.39 is 12.1 Å². The number of imide groups is 1. The number of hydrogen-bond acceptors (Lipinski definition) is 4. The van der Waals surface area contributed by atoms with E-state index in [9.17, 15) is 14.4 Å². The molecule has 2 heterocycles. The quantitative estimate of drug-likeness (QED) is 0.616. The van der Waals surface area contributed by atoms with Crippen LogP contribution in [-0.2, 0) is 16.6 Å². The number of para-hydroxylation sites is 3. The van der Waals surface area contributed by atoms with Crippen LogP contribution in [0.25, 0.3) is 11.0 Å². The van der Waals surface area contributed by atoms with E-state index in [0.717, 1.165) is 21.8 Å². The lowest BCUT2D eigenvalue weighted by molar-refractivity contribution is -0.122. The Morgan fingerprint density at radius 3 is 2.57 bits per heavy atom. The molecular formula is C22H23N5O3. The van der Waals surface area contributed by atoms with Crippen molar-refractivity contribution in [3.8, 4) is 0 Å². The highest BCUT2D eigenvalue weighted by Gasteiger charge is 2.38. The number of hydrogen-bond donors (Lipinski definition) is 2. The maximum absolute atomic E-state index is 12.6. The first-order valence-corrected chi connectivity index (χ1v) is 9.86. The SMILES string of the molecule is C[C@@H](NC(=O)CC[C@@H]1NC(=O)N(c2ccccc2)C1=O)c1nc2ccccc2n1C. The predicted molar refractivity (Wildman–Crippen MR) is 113 cm³/mol. The second kappa shape index (κ2) is 7.98. The summed E-state index contributed by atoms with van der Waals surface area (Å²) in [6.45, 7) is 1.87. The van der Waals surface area contributed by atoms with Crippen LogP contribution < -0.4 is 15.5 Å². The molecule has 30 heavy (non-hydrogen) atoms. The molecule has 1 aliphatic rings. The molecule has 0 bridgehead atoms. The average molecular weight is 405 g/mol. The number of urea groups is 1. The number of carbonyl (C=O) groups excluding carboxylic acids is 3. The summed E-state index contributed by atoms with van der Waals surface area (Å²) in [7, 11) is 1.91. The van der Waals surface area contributed by atoms with E-state index in [0.29, 0.717) is 5.69 Å². The summed E-state index contributed by atoms with van der Waals surface area (Å²) in [5.41, 5.74) is 2.38. The number of nitrogens with zero attached hydrogens (tertiary/aromatic N) is 3. The van der Waals surface area contributed by atoms with Crippen LogP contribution >= 0.6 is 0 Å². The van der Waals surface area contributed by atoms with Crippen molar-refractivity contribution in [3.63, 3.8) is 0 Å². The van der Waals surface area contributed by atoms with Gasteiger partial charge in [0.05, 0.1) is 22.8 Å². The van der Waals surface area contributed by atoms with E-state index in [2.05, 4.69) is 15.6 Å². The molecule has 0 aliphatic carbocycles. The second-order valence-electron chi connectivity index (χ2n) is 7.36. The third kappa shape index (κ3) is 3.63. The van der Waals surface area contributed by atoms with Crippen molar-refractivity contribution in [2.75, 3.05) is 4.90 Å². The molecular weight excluding hydrogens is 382 g/mol. The molecule has 2 N–H and O–H groups in total. The minimum Gasteiger partial charge on any atom is -0.346 e. The predicted octanol–water partition coefficient (Wildman–Crippen LogP) is 2.66. The van der Waals surface area contributed by atoms with E-state index in [-0.39, 0.29) is 30.7 Å². The topological polar surface area (TPSA) is 96.3 Å². The number of amides is 4. The van der Waals surface area contributed by atoms with Gasteiger partial charge in [-0.05, 0) is 37.6 Å². The Bertz CT molecular complexity index is 1110. The van der Waals surface area contributed by atoms with Crippen LogP contribution in [0, 0.1) is 0 Å². The first-order valence-electron chi connectivity index (χ1n) is 9.86. The molecule has 2 atom stereocenters. The summed E-state index contributed by atoms with van der Waals surface area (Å²) in [4.78, 5) is 43.0. The average Bonchev–Trinajstić information content (AvgIpc) is 3.23. The van der Waals surface area contributed by atoms with Gasteiger partial charge in [0.2, 0.25) is 5.91 Å². The molecule has 1 aliphatic heterocycles. The minimum absolute atomic E-state index is 0.119. The zero-order valence-electron chi connectivity index (χ0n) is 16.8. The summed E-state index contributed by atoms with van der Waals surface area (Å²) < 4.78 is 1.96. The molecule has 0 spiro atoms. The molecule has 8 heteroatoms. The van der Waals surface area contributed by atoms with Crippen LogP contribution in [0.5, 0.6) is 0 Å². The fourth-order valence-electron chi connectivity index (χ4n) is 3.75. The summed E-state index contributed by atoms with van der Waals surface area (Å²) in [6.07, 6.45) is 0.350. The fraction of sp³-hybridized carbons (Fsp3) is 0.273. The number of benzene rings is 2. The molecule has 1 aromatic heterocycles. The largest absolute Gasteiger partial charge is 0.346 e. The zero-order chi connectivity index (χ0) is 21.3. The highest BCUT2D eigenvalue weighted by Crippen LogP contribution is 2.22. The highest BCUT2D eigenvalue weighted by atomic mass is 16.2. The Balaban J connectivity index is 1.36. The van der Waals surface area contributed by atoms with Gasteiger partial charge in [-0.2, -0.15) is 0 Å². The van der Waals surface area contributed by atoms with Gasteiger partial charge in [0, 0.05) is 13.5 Å². The van der Waals surface area contributed by atoms with Crippen molar-refractivity contribution >= 4 is 34.6 Å². The molecule has 0 saturated carbocycles. The van der Waals surface area contributed by atoms with Gasteiger partial charge < -0.3 is 15.2 Å². The number of anilines is 1. The van der Waals surface area contributed by atoms with Gasteiger partial charge >= 0.3 is 6.03 Å². The first kappa shape index (κ1) is 19.6. The molecule has 1 fully saturated rings. The molecule has 4 rings (SSSR count). The number of nitrogens with one attached hydrogen (secondary N) is 2. The van der Waals surface area contributed by atoms with E-state index in [4.69, 9.17) is 0 Å². The minimum atomic E-state index is -0.713. The Kier molecular flexibility index (Phi) is 5.22. The third-order valence-corrected chi connectivity index (χ3v) is 5.28. The van der Waals surface area contributed by atoms with Crippen LogP contribution in [0.4, 0.5) is 10.5 Å². The standard InChI is InChI=1S/C22H23N5O3/c1-14(20-24-16-10-6-7-11-18(16)26(20)2)23-19(28)13-12-17-21(29)27(22(30)25-17)15-8-4-3-5-9-15/h3-11,14,17H,12-13H2,1-2H3,(H,23,28)(H,25,30)/t14-,17+/m1/s1. The van der Waals surface area contributed by atoms with E-state index >= 15 is 0 Å². The van der Waals surface area contributed by atoms with Crippen molar-refractivity contribution in [1.29, 1.82) is 0 Å². The first-order chi connectivity index (χ1) is 14.5. The second-order valence-corrected chi connectivity index (χ2v) is 7.36. The molecule has 154 valence electrons. The zero-order valence-corrected chi connectivity index (χ0v) is 16.8. The normalized spacial score (nSPS) is 17.3. The van der Waals surface area contributed by atoms with Gasteiger partial charge in [-0.3, -0.25) is 9.59 Å². The lowest BCUT2D eigenvalue weighted by Gasteiger charge is -2.15. The number of rotatable bonds is 6. The van der Waals surface area contributed by atoms with Crippen LogP contribution in [0.1, 0.15) is 31.6 Å². The van der Waals surface area contributed by atoms with Gasteiger partial charge in [0.1, 0.15) is 11.9 Å². The monoisotopic (exact) mass is 405 g/mol. The highest BCUT2D eigenvalue weighted by molar-refractivity contribution is 6.21. The molecule has 1 saturated heterocycles. The van der Waals surface area contributed by atoms with Crippen molar-refractivity contribution in [2.45, 2.75) is 31.8 Å². The number of imidazole rings is 1. The van der Waals surface area contributed by atoms with E-state index in [1.54, 1.807) is 24.3 Å².